The number of Topliss-reactive ketones (excluding diaryl/α,β-unsaturated/α-hetero) is 1. The molecule has 0 unspecified atom stereocenters. The van der Waals surface area contributed by atoms with E-state index in [4.69, 9.17) is 18.9 Å². The zero-order chi connectivity index (χ0) is 28.8. The molecular weight excluding hydrogens is 524 g/mol. The van der Waals surface area contributed by atoms with Crippen molar-refractivity contribution in [2.75, 3.05) is 26.4 Å². The molecule has 9 heteroatoms. The lowest BCUT2D eigenvalue weighted by Gasteiger charge is -2.26. The molecule has 0 aliphatic carbocycles. The molecule has 2 aliphatic rings. The number of hydrogen-bond donors (Lipinski definition) is 1. The highest BCUT2D eigenvalue weighted by Gasteiger charge is 2.46. The van der Waals surface area contributed by atoms with Crippen molar-refractivity contribution in [3.63, 3.8) is 0 Å². The number of benzene rings is 2. The number of carbonyl (C=O) groups excluding carboxylic acids is 2. The Hall–Kier alpha value is -4.53. The van der Waals surface area contributed by atoms with Crippen molar-refractivity contribution in [1.29, 1.82) is 0 Å². The number of unbranched alkanes of at least 4 members (excludes halogenated alkanes) is 2. The number of pyridine rings is 1. The molecule has 0 radical (unpaired) electrons. The third-order valence-corrected chi connectivity index (χ3v) is 7.02. The average molecular weight is 559 g/mol. The molecule has 2 aromatic carbocycles. The third-order valence-electron chi connectivity index (χ3n) is 7.02. The molecule has 3 heterocycles. The molecule has 3 aromatic rings. The van der Waals surface area contributed by atoms with Crippen molar-refractivity contribution in [1.82, 2.24) is 9.88 Å². The van der Waals surface area contributed by atoms with Gasteiger partial charge < -0.3 is 29.0 Å². The lowest BCUT2D eigenvalue weighted by atomic mass is 9.94. The first-order valence-electron chi connectivity index (χ1n) is 14.0. The average Bonchev–Trinajstić information content (AvgIpc) is 3.25. The van der Waals surface area contributed by atoms with E-state index in [1.54, 1.807) is 48.8 Å². The molecule has 1 aromatic heterocycles. The van der Waals surface area contributed by atoms with Gasteiger partial charge in [0, 0.05) is 24.5 Å². The summed E-state index contributed by atoms with van der Waals surface area (Å²) in [6.07, 6.45) is 6.36. The number of hydrogen-bond acceptors (Lipinski definition) is 8. The monoisotopic (exact) mass is 558 g/mol. The van der Waals surface area contributed by atoms with Crippen LogP contribution in [0.15, 0.2) is 66.5 Å². The maximum atomic E-state index is 13.5. The van der Waals surface area contributed by atoms with E-state index in [2.05, 4.69) is 11.9 Å². The van der Waals surface area contributed by atoms with E-state index in [0.29, 0.717) is 60.6 Å². The third kappa shape index (κ3) is 5.99. The topological polar surface area (TPSA) is 107 Å². The Bertz CT molecular complexity index is 1440. The van der Waals surface area contributed by atoms with Crippen molar-refractivity contribution >= 4 is 17.4 Å². The van der Waals surface area contributed by atoms with Crippen LogP contribution in [0.4, 0.5) is 0 Å². The van der Waals surface area contributed by atoms with Gasteiger partial charge in [0.2, 0.25) is 0 Å². The van der Waals surface area contributed by atoms with Crippen LogP contribution in [0.5, 0.6) is 23.0 Å². The molecule has 0 saturated carbocycles. The molecule has 1 saturated heterocycles. The quantitative estimate of drug-likeness (QED) is 0.143. The summed E-state index contributed by atoms with van der Waals surface area (Å²) in [4.78, 5) is 32.6. The van der Waals surface area contributed by atoms with Gasteiger partial charge in [-0.25, -0.2) is 0 Å². The van der Waals surface area contributed by atoms with Crippen molar-refractivity contribution in [2.45, 2.75) is 45.7 Å². The van der Waals surface area contributed by atoms with Crippen molar-refractivity contribution < 1.29 is 33.6 Å². The first-order valence-corrected chi connectivity index (χ1v) is 14.0. The Kier molecular flexibility index (Phi) is 8.72. The fraction of sp³-hybridized carbons (Fsp3) is 0.344. The largest absolute Gasteiger partial charge is 0.507 e. The summed E-state index contributed by atoms with van der Waals surface area (Å²) in [6, 6.07) is 13.1. The number of aliphatic hydroxyl groups is 1. The van der Waals surface area contributed by atoms with Gasteiger partial charge in [-0.1, -0.05) is 31.9 Å². The maximum absolute atomic E-state index is 13.5. The fourth-order valence-electron chi connectivity index (χ4n) is 5.04. The minimum absolute atomic E-state index is 0.0189. The molecule has 41 heavy (non-hydrogen) atoms. The number of aromatic nitrogens is 1. The number of likely N-dealkylation sites (tertiary alicyclic amines) is 1. The standard InChI is InChI=1S/C32H34N2O7/c1-3-5-6-14-39-24-11-9-22(17-26(24)38-4-2)29-28(30(35)23-10-12-25-27(18-23)41-16-15-40-25)31(36)32(37)34(29)20-21-8-7-13-33-19-21/h7-13,17-19,29,35H,3-6,14-16,20H2,1-2H3/b30-28+/t29-/m1/s1. The number of amides is 1. The number of ketones is 1. The smallest absolute Gasteiger partial charge is 0.295 e. The summed E-state index contributed by atoms with van der Waals surface area (Å²) in [5, 5.41) is 11.5. The minimum atomic E-state index is -0.878. The Morgan fingerprint density at radius 3 is 2.59 bits per heavy atom. The number of rotatable bonds is 11. The Balaban J connectivity index is 1.59. The fourth-order valence-corrected chi connectivity index (χ4v) is 5.04. The van der Waals surface area contributed by atoms with E-state index in [1.165, 1.54) is 4.90 Å². The van der Waals surface area contributed by atoms with E-state index in [-0.39, 0.29) is 17.9 Å². The summed E-state index contributed by atoms with van der Waals surface area (Å²) >= 11 is 0. The maximum Gasteiger partial charge on any atom is 0.295 e. The summed E-state index contributed by atoms with van der Waals surface area (Å²) in [5.41, 5.74) is 1.69. The highest BCUT2D eigenvalue weighted by atomic mass is 16.6. The number of carbonyl (C=O) groups is 2. The Morgan fingerprint density at radius 1 is 1.00 bits per heavy atom. The molecule has 1 amide bonds. The van der Waals surface area contributed by atoms with Gasteiger partial charge in [0.25, 0.3) is 11.7 Å². The normalized spacial score (nSPS) is 17.5. The molecule has 0 bridgehead atoms. The van der Waals surface area contributed by atoms with E-state index in [9.17, 15) is 14.7 Å². The van der Waals surface area contributed by atoms with Crippen molar-refractivity contribution in [2.24, 2.45) is 0 Å². The van der Waals surface area contributed by atoms with Crippen LogP contribution in [0.2, 0.25) is 0 Å². The van der Waals surface area contributed by atoms with Gasteiger partial charge in [-0.05, 0) is 60.9 Å². The zero-order valence-electron chi connectivity index (χ0n) is 23.3. The van der Waals surface area contributed by atoms with Crippen LogP contribution in [0.25, 0.3) is 5.76 Å². The van der Waals surface area contributed by atoms with Crippen LogP contribution in [0.1, 0.15) is 55.8 Å². The van der Waals surface area contributed by atoms with E-state index < -0.39 is 17.7 Å². The van der Waals surface area contributed by atoms with Crippen molar-refractivity contribution in [3.8, 4) is 23.0 Å². The molecular formula is C32H34N2O7. The van der Waals surface area contributed by atoms with Gasteiger partial charge in [-0.2, -0.15) is 0 Å². The molecule has 5 rings (SSSR count). The number of ether oxygens (including phenoxy) is 4. The van der Waals surface area contributed by atoms with Crippen LogP contribution in [-0.4, -0.2) is 53.1 Å². The molecule has 1 N–H and O–H groups in total. The molecule has 214 valence electrons. The van der Waals surface area contributed by atoms with Crippen LogP contribution in [-0.2, 0) is 16.1 Å². The first kappa shape index (κ1) is 28.0. The van der Waals surface area contributed by atoms with E-state index in [1.807, 2.05) is 19.1 Å². The van der Waals surface area contributed by atoms with E-state index in [0.717, 1.165) is 24.8 Å². The van der Waals surface area contributed by atoms with Crippen LogP contribution < -0.4 is 18.9 Å². The van der Waals surface area contributed by atoms with Gasteiger partial charge in [-0.3, -0.25) is 14.6 Å². The van der Waals surface area contributed by atoms with Crippen molar-refractivity contribution in [3.05, 3.63) is 83.2 Å². The molecule has 9 nitrogen and oxygen atoms in total. The van der Waals surface area contributed by atoms with Crippen LogP contribution >= 0.6 is 0 Å². The highest BCUT2D eigenvalue weighted by molar-refractivity contribution is 6.46. The minimum Gasteiger partial charge on any atom is -0.507 e. The van der Waals surface area contributed by atoms with Crippen LogP contribution in [0.3, 0.4) is 0 Å². The number of fused-ring (bicyclic) bond motifs is 1. The lowest BCUT2D eigenvalue weighted by molar-refractivity contribution is -0.140. The molecule has 0 spiro atoms. The molecule has 2 aliphatic heterocycles. The second kappa shape index (κ2) is 12.8. The van der Waals surface area contributed by atoms with Gasteiger partial charge in [0.15, 0.2) is 23.0 Å². The van der Waals surface area contributed by atoms with E-state index >= 15 is 0 Å². The van der Waals surface area contributed by atoms with Gasteiger partial charge in [-0.15, -0.1) is 0 Å². The number of aliphatic hydroxyl groups excluding tert-OH is 1. The lowest BCUT2D eigenvalue weighted by Crippen LogP contribution is -2.29. The van der Waals surface area contributed by atoms with Gasteiger partial charge >= 0.3 is 0 Å². The summed E-state index contributed by atoms with van der Waals surface area (Å²) in [5.74, 6) is 0.328. The second-order valence-electron chi connectivity index (χ2n) is 9.84. The zero-order valence-corrected chi connectivity index (χ0v) is 23.3. The Labute approximate surface area is 239 Å². The predicted octanol–water partition coefficient (Wildman–Crippen LogP) is 5.44. The first-order chi connectivity index (χ1) is 20.0. The molecule has 1 fully saturated rings. The van der Waals surface area contributed by atoms with Crippen LogP contribution in [0, 0.1) is 0 Å². The summed E-state index contributed by atoms with van der Waals surface area (Å²) < 4.78 is 23.2. The SMILES string of the molecule is CCCCCOc1ccc([C@@H]2/C(=C(\O)c3ccc4c(c3)OCCO4)C(=O)C(=O)N2Cc2cccnc2)cc1OCC. The van der Waals surface area contributed by atoms with Gasteiger partial charge in [0.05, 0.1) is 24.8 Å². The highest BCUT2D eigenvalue weighted by Crippen LogP contribution is 2.43. The predicted molar refractivity (Wildman–Crippen MR) is 152 cm³/mol. The molecule has 1 atom stereocenters. The van der Waals surface area contributed by atoms with Gasteiger partial charge in [0.1, 0.15) is 19.0 Å². The second-order valence-corrected chi connectivity index (χ2v) is 9.84. The Morgan fingerprint density at radius 2 is 1.83 bits per heavy atom. The summed E-state index contributed by atoms with van der Waals surface area (Å²) in [7, 11) is 0. The summed E-state index contributed by atoms with van der Waals surface area (Å²) in [6.45, 7) is 5.90. The number of nitrogens with zero attached hydrogens (tertiary/aromatic N) is 2.